The maximum absolute atomic E-state index is 13.2. The molecule has 1 aliphatic rings. The molecule has 1 N–H and O–H groups in total. The van der Waals surface area contributed by atoms with Crippen molar-refractivity contribution >= 4 is 75.8 Å². The van der Waals surface area contributed by atoms with Crippen LogP contribution in [0.4, 0.5) is 5.69 Å². The lowest BCUT2D eigenvalue weighted by atomic mass is 10.0. The third-order valence-electron chi connectivity index (χ3n) is 5.13. The number of fused-ring (bicyclic) bond motifs is 1. The van der Waals surface area contributed by atoms with Crippen LogP contribution in [0.2, 0.25) is 20.1 Å². The van der Waals surface area contributed by atoms with E-state index in [1.807, 2.05) is 0 Å². The summed E-state index contributed by atoms with van der Waals surface area (Å²) in [5.74, 6) is -2.79. The monoisotopic (exact) mass is 560 g/mol. The number of benzene rings is 2. The number of rotatable bonds is 8. The first kappa shape index (κ1) is 27.1. The molecule has 1 atom stereocenters. The Bertz CT molecular complexity index is 1150. The Balaban J connectivity index is 1.79. The summed E-state index contributed by atoms with van der Waals surface area (Å²) in [6.45, 7) is 2.95. The van der Waals surface area contributed by atoms with E-state index in [-0.39, 0.29) is 43.6 Å². The van der Waals surface area contributed by atoms with Crippen LogP contribution in [0, 0.1) is 5.92 Å². The third-order valence-corrected chi connectivity index (χ3v) is 6.93. The number of halogens is 4. The van der Waals surface area contributed by atoms with Crippen LogP contribution in [0.3, 0.4) is 0 Å². The Morgan fingerprint density at radius 2 is 1.43 bits per heavy atom. The Hall–Kier alpha value is -2.52. The normalized spacial score (nSPS) is 13.7. The summed E-state index contributed by atoms with van der Waals surface area (Å²) in [4.78, 5) is 52.3. The van der Waals surface area contributed by atoms with Crippen LogP contribution < -0.4 is 10.1 Å². The molecular formula is C23H20Cl4N2O6. The van der Waals surface area contributed by atoms with Crippen molar-refractivity contribution in [3.05, 3.63) is 55.5 Å². The van der Waals surface area contributed by atoms with E-state index in [1.165, 1.54) is 7.11 Å². The third kappa shape index (κ3) is 5.51. The van der Waals surface area contributed by atoms with Crippen molar-refractivity contribution in [2.75, 3.05) is 19.0 Å². The van der Waals surface area contributed by atoms with Gasteiger partial charge in [-0.15, -0.1) is 0 Å². The van der Waals surface area contributed by atoms with Crippen LogP contribution in [0.15, 0.2) is 24.3 Å². The predicted molar refractivity (Wildman–Crippen MR) is 133 cm³/mol. The minimum Gasteiger partial charge on any atom is -0.497 e. The van der Waals surface area contributed by atoms with Crippen LogP contribution in [0.1, 0.15) is 41.0 Å². The number of hydrogen-bond acceptors (Lipinski definition) is 6. The molecule has 1 heterocycles. The van der Waals surface area contributed by atoms with E-state index in [2.05, 4.69) is 5.32 Å². The van der Waals surface area contributed by atoms with Crippen LogP contribution in [-0.4, -0.2) is 48.3 Å². The quantitative estimate of drug-likeness (QED) is 0.197. The lowest BCUT2D eigenvalue weighted by Gasteiger charge is -2.26. The molecule has 12 heteroatoms. The van der Waals surface area contributed by atoms with E-state index in [4.69, 9.17) is 55.9 Å². The molecule has 1 unspecified atom stereocenters. The van der Waals surface area contributed by atoms with Gasteiger partial charge in [0.05, 0.1) is 38.3 Å². The number of methoxy groups -OCH3 is 1. The number of carbonyl (C=O) groups excluding carboxylic acids is 4. The van der Waals surface area contributed by atoms with E-state index < -0.39 is 36.3 Å². The topological polar surface area (TPSA) is 102 Å². The Labute approximate surface area is 221 Å². The molecule has 0 spiro atoms. The second kappa shape index (κ2) is 11.0. The number of imide groups is 1. The number of nitrogens with zero attached hydrogens (tertiary/aromatic N) is 1. The molecule has 0 radical (unpaired) electrons. The number of amides is 3. The molecule has 0 fully saturated rings. The minimum atomic E-state index is -1.33. The van der Waals surface area contributed by atoms with Crippen molar-refractivity contribution in [3.63, 3.8) is 0 Å². The number of hydrogen-bond donors (Lipinski definition) is 1. The fourth-order valence-corrected chi connectivity index (χ4v) is 4.52. The largest absolute Gasteiger partial charge is 0.497 e. The van der Waals surface area contributed by atoms with Gasteiger partial charge in [0, 0.05) is 5.69 Å². The van der Waals surface area contributed by atoms with Crippen LogP contribution >= 0.6 is 46.4 Å². The maximum atomic E-state index is 13.2. The number of ether oxygens (including phenoxy) is 2. The van der Waals surface area contributed by atoms with E-state index in [0.717, 1.165) is 4.90 Å². The highest BCUT2D eigenvalue weighted by Gasteiger charge is 2.47. The summed E-state index contributed by atoms with van der Waals surface area (Å²) >= 11 is 24.5. The molecule has 1 aliphatic heterocycles. The molecular weight excluding hydrogens is 542 g/mol. The molecule has 0 saturated heterocycles. The first-order chi connectivity index (χ1) is 16.5. The van der Waals surface area contributed by atoms with Gasteiger partial charge in [0.1, 0.15) is 11.8 Å². The summed E-state index contributed by atoms with van der Waals surface area (Å²) in [5.41, 5.74) is -0.0197. The van der Waals surface area contributed by atoms with Crippen molar-refractivity contribution in [3.8, 4) is 5.75 Å². The molecule has 2 aromatic carbocycles. The number of carbonyl (C=O) groups is 4. The summed E-state index contributed by atoms with van der Waals surface area (Å²) in [6.07, 6.45) is 0.0705. The van der Waals surface area contributed by atoms with E-state index in [0.29, 0.717) is 11.4 Å². The van der Waals surface area contributed by atoms with Crippen molar-refractivity contribution in [2.24, 2.45) is 5.92 Å². The molecule has 8 nitrogen and oxygen atoms in total. The van der Waals surface area contributed by atoms with Gasteiger partial charge < -0.3 is 14.8 Å². The van der Waals surface area contributed by atoms with Crippen LogP contribution in [-0.2, 0) is 14.3 Å². The number of nitrogens with one attached hydrogen (secondary N) is 1. The summed E-state index contributed by atoms with van der Waals surface area (Å²) < 4.78 is 10.2. The molecule has 3 amide bonds. The van der Waals surface area contributed by atoms with Crippen LogP contribution in [0.25, 0.3) is 0 Å². The highest BCUT2D eigenvalue weighted by Crippen LogP contribution is 2.45. The zero-order valence-corrected chi connectivity index (χ0v) is 21.8. The second-order valence-electron chi connectivity index (χ2n) is 8.02. The Kier molecular flexibility index (Phi) is 8.54. The van der Waals surface area contributed by atoms with Crippen LogP contribution in [0.5, 0.6) is 5.75 Å². The molecule has 0 saturated carbocycles. The number of esters is 1. The van der Waals surface area contributed by atoms with Crippen molar-refractivity contribution in [1.82, 2.24) is 4.90 Å². The van der Waals surface area contributed by atoms with E-state index >= 15 is 0 Å². The first-order valence-corrected chi connectivity index (χ1v) is 11.8. The summed E-state index contributed by atoms with van der Waals surface area (Å²) in [7, 11) is 1.51. The van der Waals surface area contributed by atoms with Gasteiger partial charge in [0.25, 0.3) is 17.7 Å². The lowest BCUT2D eigenvalue weighted by Crippen LogP contribution is -2.47. The standard InChI is InChI=1S/C23H20Cl4N2O6/c1-10(2)8-13(23(33)35-9-14(30)28-11-4-6-12(34-3)7-5-11)29-21(31)15-16(22(29)32)18(25)20(27)19(26)17(15)24/h4-7,10,13H,8-9H2,1-3H3,(H,28,30). The highest BCUT2D eigenvalue weighted by atomic mass is 35.5. The molecule has 35 heavy (non-hydrogen) atoms. The van der Waals surface area contributed by atoms with Gasteiger partial charge in [-0.2, -0.15) is 0 Å². The molecule has 0 bridgehead atoms. The van der Waals surface area contributed by atoms with Gasteiger partial charge in [-0.1, -0.05) is 60.3 Å². The zero-order chi connectivity index (χ0) is 26.0. The Morgan fingerprint density at radius 3 is 1.89 bits per heavy atom. The fourth-order valence-electron chi connectivity index (χ4n) is 3.51. The van der Waals surface area contributed by atoms with E-state index in [1.54, 1.807) is 38.1 Å². The molecule has 0 aliphatic carbocycles. The molecule has 2 aromatic rings. The van der Waals surface area contributed by atoms with E-state index in [9.17, 15) is 19.2 Å². The van der Waals surface area contributed by atoms with Gasteiger partial charge >= 0.3 is 5.97 Å². The molecule has 0 aromatic heterocycles. The Morgan fingerprint density at radius 1 is 0.914 bits per heavy atom. The summed E-state index contributed by atoms with van der Waals surface area (Å²) in [6, 6.07) is 5.20. The van der Waals surface area contributed by atoms with Gasteiger partial charge in [-0.3, -0.25) is 19.3 Å². The van der Waals surface area contributed by atoms with Crippen molar-refractivity contribution < 1.29 is 28.7 Å². The fraction of sp³-hybridized carbons (Fsp3) is 0.304. The smallest absolute Gasteiger partial charge is 0.329 e. The van der Waals surface area contributed by atoms with Crippen molar-refractivity contribution in [1.29, 1.82) is 0 Å². The minimum absolute atomic E-state index is 0.0705. The number of anilines is 1. The van der Waals surface area contributed by atoms with Gasteiger partial charge in [-0.05, 0) is 36.6 Å². The lowest BCUT2D eigenvalue weighted by molar-refractivity contribution is -0.151. The van der Waals surface area contributed by atoms with Crippen molar-refractivity contribution in [2.45, 2.75) is 26.3 Å². The second-order valence-corrected chi connectivity index (χ2v) is 9.53. The average molecular weight is 562 g/mol. The molecule has 186 valence electrons. The predicted octanol–water partition coefficient (Wildman–Crippen LogP) is 5.50. The van der Waals surface area contributed by atoms with Gasteiger partial charge in [0.15, 0.2) is 6.61 Å². The van der Waals surface area contributed by atoms with Gasteiger partial charge in [0.2, 0.25) is 0 Å². The summed E-state index contributed by atoms with van der Waals surface area (Å²) in [5, 5.41) is 1.72. The average Bonchev–Trinajstić information content (AvgIpc) is 3.08. The first-order valence-electron chi connectivity index (χ1n) is 10.3. The zero-order valence-electron chi connectivity index (χ0n) is 18.8. The molecule has 3 rings (SSSR count). The van der Waals surface area contributed by atoms with Gasteiger partial charge in [-0.25, -0.2) is 4.79 Å². The maximum Gasteiger partial charge on any atom is 0.329 e. The SMILES string of the molecule is COc1ccc(NC(=O)COC(=O)C(CC(C)C)N2C(=O)c3c(Cl)c(Cl)c(Cl)c(Cl)c3C2=O)cc1. The highest BCUT2D eigenvalue weighted by molar-refractivity contribution is 6.55.